The van der Waals surface area contributed by atoms with Gasteiger partial charge in [0.2, 0.25) is 0 Å². The van der Waals surface area contributed by atoms with Crippen LogP contribution in [0.4, 0.5) is 0 Å². The quantitative estimate of drug-likeness (QED) is 0.0162. The van der Waals surface area contributed by atoms with Crippen LogP contribution in [0.25, 0.3) is 0 Å². The lowest BCUT2D eigenvalue weighted by atomic mass is 10.1. The molecule has 0 radical (unpaired) electrons. The highest BCUT2D eigenvalue weighted by Gasteiger charge is 2.27. The van der Waals surface area contributed by atoms with Crippen LogP contribution in [0.2, 0.25) is 0 Å². The molecule has 0 amide bonds. The maximum atomic E-state index is 12.7. The lowest BCUT2D eigenvalue weighted by Crippen LogP contribution is -2.37. The lowest BCUT2D eigenvalue weighted by Gasteiger charge is -2.24. The van der Waals surface area contributed by atoms with E-state index >= 15 is 0 Å². The molecule has 1 unspecified atom stereocenters. The zero-order chi connectivity index (χ0) is 41.4. The van der Waals surface area contributed by atoms with Gasteiger partial charge in [-0.3, -0.25) is 18.6 Å². The maximum absolute atomic E-state index is 12.7. The molecule has 0 aliphatic rings. The van der Waals surface area contributed by atoms with Crippen LogP contribution in [-0.4, -0.2) is 74.9 Å². The Morgan fingerprint density at radius 3 is 1.43 bits per heavy atom. The monoisotopic (exact) mass is 813 g/mol. The molecule has 0 aromatic heterocycles. The van der Waals surface area contributed by atoms with Crippen molar-refractivity contribution in [3.05, 3.63) is 36.5 Å². The molecule has 0 bridgehead atoms. The highest BCUT2D eigenvalue weighted by molar-refractivity contribution is 7.47. The highest BCUT2D eigenvalue weighted by Crippen LogP contribution is 2.43. The fraction of sp³-hybridized carbons (Fsp3) is 0.826. The minimum absolute atomic E-state index is 0.0282. The molecule has 2 atom stereocenters. The fourth-order valence-electron chi connectivity index (χ4n) is 6.06. The molecular formula is C46H87NO8P+. The molecule has 9 nitrogen and oxygen atoms in total. The number of carbonyl (C=O) groups excluding carboxylic acids is 2. The second-order valence-corrected chi connectivity index (χ2v) is 17.9. The van der Waals surface area contributed by atoms with Crippen LogP contribution < -0.4 is 0 Å². The van der Waals surface area contributed by atoms with Gasteiger partial charge in [-0.15, -0.1) is 0 Å². The standard InChI is InChI=1S/C46H86NO8P/c1-6-8-10-12-14-16-18-20-22-23-25-26-28-30-32-34-36-38-45(48)52-42-44(43-54-56(50,51)53-41-40-47(3,4)5)55-46(49)39-37-35-33-31-29-27-24-21-19-17-15-13-11-9-7-2/h16-19,21,24,44H,6-15,20,22-23,25-43H2,1-5H3/p+1/b18-16+,19-17+,24-21+/t44-/m1/s1. The van der Waals surface area contributed by atoms with Crippen molar-refractivity contribution in [2.45, 2.75) is 200 Å². The number of quaternary nitrogens is 1. The van der Waals surface area contributed by atoms with E-state index in [1.807, 2.05) is 21.1 Å². The number of likely N-dealkylation sites (N-methyl/N-ethyl adjacent to an activating group) is 1. The molecule has 0 heterocycles. The molecule has 0 aliphatic carbocycles. The number of rotatable bonds is 41. The molecule has 10 heteroatoms. The largest absolute Gasteiger partial charge is 0.472 e. The van der Waals surface area contributed by atoms with E-state index in [1.165, 1.54) is 103 Å². The van der Waals surface area contributed by atoms with E-state index in [2.05, 4.69) is 50.3 Å². The average molecular weight is 813 g/mol. The predicted molar refractivity (Wildman–Crippen MR) is 234 cm³/mol. The lowest BCUT2D eigenvalue weighted by molar-refractivity contribution is -0.870. The van der Waals surface area contributed by atoms with Gasteiger partial charge in [-0.25, -0.2) is 4.57 Å². The van der Waals surface area contributed by atoms with Crippen LogP contribution in [-0.2, 0) is 32.7 Å². The van der Waals surface area contributed by atoms with Crippen LogP contribution in [0.1, 0.15) is 194 Å². The Bertz CT molecular complexity index is 1050. The minimum Gasteiger partial charge on any atom is -0.462 e. The third-order valence-electron chi connectivity index (χ3n) is 9.67. The van der Waals surface area contributed by atoms with Gasteiger partial charge in [0.15, 0.2) is 6.10 Å². The van der Waals surface area contributed by atoms with E-state index in [0.717, 1.165) is 57.8 Å². The van der Waals surface area contributed by atoms with Crippen LogP contribution in [0, 0.1) is 0 Å². The van der Waals surface area contributed by atoms with E-state index in [-0.39, 0.29) is 32.0 Å². The van der Waals surface area contributed by atoms with Crippen molar-refractivity contribution in [2.75, 3.05) is 47.5 Å². The van der Waals surface area contributed by atoms with Crippen molar-refractivity contribution < 1.29 is 42.1 Å². The summed E-state index contributed by atoms with van der Waals surface area (Å²) in [5.41, 5.74) is 0. The molecule has 0 rings (SSSR count). The van der Waals surface area contributed by atoms with Crippen molar-refractivity contribution in [3.63, 3.8) is 0 Å². The Labute approximate surface area is 344 Å². The first-order valence-corrected chi connectivity index (χ1v) is 24.2. The molecule has 0 spiro atoms. The molecule has 0 fully saturated rings. The Hall–Kier alpha value is -1.77. The van der Waals surface area contributed by atoms with E-state index in [1.54, 1.807) is 0 Å². The van der Waals surface area contributed by atoms with Crippen molar-refractivity contribution in [1.29, 1.82) is 0 Å². The first kappa shape index (κ1) is 54.2. The third kappa shape index (κ3) is 41.9. The van der Waals surface area contributed by atoms with Crippen molar-refractivity contribution in [3.8, 4) is 0 Å². The summed E-state index contributed by atoms with van der Waals surface area (Å²) in [5, 5.41) is 0. The average Bonchev–Trinajstić information content (AvgIpc) is 3.15. The van der Waals surface area contributed by atoms with Crippen LogP contribution in [0.3, 0.4) is 0 Å². The molecule has 56 heavy (non-hydrogen) atoms. The van der Waals surface area contributed by atoms with Gasteiger partial charge in [-0.2, -0.15) is 0 Å². The first-order valence-electron chi connectivity index (χ1n) is 22.7. The Morgan fingerprint density at radius 1 is 0.554 bits per heavy atom. The van der Waals surface area contributed by atoms with E-state index in [0.29, 0.717) is 17.4 Å². The Morgan fingerprint density at radius 2 is 0.964 bits per heavy atom. The zero-order valence-electron chi connectivity index (χ0n) is 36.9. The van der Waals surface area contributed by atoms with Crippen molar-refractivity contribution in [1.82, 2.24) is 0 Å². The summed E-state index contributed by atoms with van der Waals surface area (Å²) in [7, 11) is 1.46. The number of allylic oxidation sites excluding steroid dienone is 6. The van der Waals surface area contributed by atoms with Gasteiger partial charge >= 0.3 is 19.8 Å². The number of esters is 2. The normalized spacial score (nSPS) is 13.9. The molecule has 0 saturated heterocycles. The van der Waals surface area contributed by atoms with Gasteiger partial charge < -0.3 is 18.9 Å². The number of carbonyl (C=O) groups is 2. The van der Waals surface area contributed by atoms with Crippen LogP contribution in [0.15, 0.2) is 36.5 Å². The molecule has 0 aromatic carbocycles. The summed E-state index contributed by atoms with van der Waals surface area (Å²) < 4.78 is 34.3. The number of hydrogen-bond acceptors (Lipinski definition) is 7. The topological polar surface area (TPSA) is 108 Å². The summed E-state index contributed by atoms with van der Waals surface area (Å²) >= 11 is 0. The number of phosphoric ester groups is 1. The highest BCUT2D eigenvalue weighted by atomic mass is 31.2. The molecule has 0 aliphatic heterocycles. The van der Waals surface area contributed by atoms with E-state index in [4.69, 9.17) is 18.5 Å². The Balaban J connectivity index is 4.36. The number of nitrogens with zero attached hydrogens (tertiary/aromatic N) is 1. The molecule has 0 aromatic rings. The molecule has 0 saturated carbocycles. The second kappa shape index (κ2) is 38.7. The summed E-state index contributed by atoms with van der Waals surface area (Å²) in [6.07, 6.45) is 43.3. The molecule has 328 valence electrons. The van der Waals surface area contributed by atoms with Crippen LogP contribution in [0.5, 0.6) is 0 Å². The summed E-state index contributed by atoms with van der Waals surface area (Å²) in [6.45, 7) is 4.38. The van der Waals surface area contributed by atoms with Gasteiger partial charge in [0.1, 0.15) is 19.8 Å². The van der Waals surface area contributed by atoms with Crippen LogP contribution >= 0.6 is 7.82 Å². The van der Waals surface area contributed by atoms with E-state index < -0.39 is 26.5 Å². The van der Waals surface area contributed by atoms with E-state index in [9.17, 15) is 19.0 Å². The number of ether oxygens (including phenoxy) is 2. The third-order valence-corrected chi connectivity index (χ3v) is 10.7. The SMILES string of the molecule is CCCCCC/C=C/C=C/CCCCCCCC(=O)O[C@H](COC(=O)CCCCCCCCCCC/C=C/CCCCCC)COP(=O)(O)OCC[N+](C)(C)C. The number of hydrogen-bond donors (Lipinski definition) is 1. The fourth-order valence-corrected chi connectivity index (χ4v) is 6.80. The van der Waals surface area contributed by atoms with Gasteiger partial charge in [-0.1, -0.05) is 153 Å². The zero-order valence-corrected chi connectivity index (χ0v) is 37.8. The first-order chi connectivity index (χ1) is 27.0. The van der Waals surface area contributed by atoms with Crippen molar-refractivity contribution in [2.24, 2.45) is 0 Å². The summed E-state index contributed by atoms with van der Waals surface area (Å²) in [5.74, 6) is -0.816. The minimum atomic E-state index is -4.38. The van der Waals surface area contributed by atoms with Gasteiger partial charge in [-0.05, 0) is 64.2 Å². The molecular weight excluding hydrogens is 725 g/mol. The van der Waals surface area contributed by atoms with Crippen molar-refractivity contribution >= 4 is 19.8 Å². The summed E-state index contributed by atoms with van der Waals surface area (Å²) in [4.78, 5) is 35.4. The van der Waals surface area contributed by atoms with Gasteiger partial charge in [0, 0.05) is 12.8 Å². The maximum Gasteiger partial charge on any atom is 0.472 e. The smallest absolute Gasteiger partial charge is 0.462 e. The predicted octanol–water partition coefficient (Wildman–Crippen LogP) is 12.9. The molecule has 1 N–H and O–H groups in total. The number of unbranched alkanes of at least 4 members (excludes halogenated alkanes) is 22. The number of phosphoric acid groups is 1. The second-order valence-electron chi connectivity index (χ2n) is 16.5. The van der Waals surface area contributed by atoms with Gasteiger partial charge in [0.05, 0.1) is 27.7 Å². The summed E-state index contributed by atoms with van der Waals surface area (Å²) in [6, 6.07) is 0. The van der Waals surface area contributed by atoms with Gasteiger partial charge in [0.25, 0.3) is 0 Å². The Kier molecular flexibility index (Phi) is 37.5.